The van der Waals surface area contributed by atoms with E-state index in [0.717, 1.165) is 19.4 Å². The molecule has 0 radical (unpaired) electrons. The number of benzene rings is 1. The number of nitrogens with zero attached hydrogens (tertiary/aromatic N) is 2. The number of anilines is 1. The number of aryl methyl sites for hydroxylation is 1. The molecule has 3 N–H and O–H groups in total. The van der Waals surface area contributed by atoms with E-state index in [0.29, 0.717) is 6.54 Å². The fourth-order valence-electron chi connectivity index (χ4n) is 1.85. The molecule has 1 aromatic carbocycles. The maximum atomic E-state index is 12.0. The number of aromatic nitrogens is 2. The number of para-hydroxylation sites is 1. The molecule has 0 atom stereocenters. The number of nitrogen functional groups attached to an aromatic ring is 1. The SMILES string of the molecule is Nc1ccccc1S(=O)(=O)NCCCCn1ccnc1. The summed E-state index contributed by atoms with van der Waals surface area (Å²) in [5.74, 6) is 0. The van der Waals surface area contributed by atoms with Gasteiger partial charge >= 0.3 is 0 Å². The Morgan fingerprint density at radius 3 is 2.75 bits per heavy atom. The fourth-order valence-corrected chi connectivity index (χ4v) is 3.05. The topological polar surface area (TPSA) is 90.0 Å². The lowest BCUT2D eigenvalue weighted by atomic mass is 10.3. The summed E-state index contributed by atoms with van der Waals surface area (Å²) in [5.41, 5.74) is 5.93. The molecule has 2 aromatic rings. The molecular weight excluding hydrogens is 276 g/mol. The number of sulfonamides is 1. The molecule has 1 aromatic heterocycles. The quantitative estimate of drug-likeness (QED) is 0.593. The molecule has 7 heteroatoms. The van der Waals surface area contributed by atoms with Crippen molar-refractivity contribution < 1.29 is 8.42 Å². The molecule has 0 aliphatic rings. The van der Waals surface area contributed by atoms with E-state index in [9.17, 15) is 8.42 Å². The second-order valence-electron chi connectivity index (χ2n) is 4.44. The summed E-state index contributed by atoms with van der Waals surface area (Å²) < 4.78 is 28.6. The summed E-state index contributed by atoms with van der Waals surface area (Å²) in [6.07, 6.45) is 6.98. The second-order valence-corrected chi connectivity index (χ2v) is 6.18. The highest BCUT2D eigenvalue weighted by Crippen LogP contribution is 2.16. The zero-order valence-corrected chi connectivity index (χ0v) is 11.9. The predicted molar refractivity (Wildman–Crippen MR) is 77.5 cm³/mol. The molecule has 2 rings (SSSR count). The first-order valence-electron chi connectivity index (χ1n) is 6.39. The number of nitrogens with two attached hydrogens (primary N) is 1. The number of rotatable bonds is 7. The lowest BCUT2D eigenvalue weighted by Gasteiger charge is -2.08. The highest BCUT2D eigenvalue weighted by atomic mass is 32.2. The van der Waals surface area contributed by atoms with E-state index in [2.05, 4.69) is 9.71 Å². The van der Waals surface area contributed by atoms with Crippen LogP contribution in [-0.2, 0) is 16.6 Å². The summed E-state index contributed by atoms with van der Waals surface area (Å²) in [4.78, 5) is 4.08. The molecule has 108 valence electrons. The van der Waals surface area contributed by atoms with Gasteiger partial charge < -0.3 is 10.3 Å². The molecule has 0 fully saturated rings. The molecule has 0 aliphatic heterocycles. The Bertz CT molecular complexity index is 638. The molecule has 0 saturated carbocycles. The Morgan fingerprint density at radius 2 is 2.05 bits per heavy atom. The first-order valence-corrected chi connectivity index (χ1v) is 7.88. The van der Waals surface area contributed by atoms with Crippen LogP contribution in [-0.4, -0.2) is 24.5 Å². The van der Waals surface area contributed by atoms with E-state index in [1.807, 2.05) is 10.8 Å². The number of nitrogens with one attached hydrogen (secondary N) is 1. The van der Waals surface area contributed by atoms with Gasteiger partial charge in [-0.05, 0) is 25.0 Å². The third kappa shape index (κ3) is 3.82. The molecule has 0 spiro atoms. The smallest absolute Gasteiger partial charge is 0.242 e. The maximum absolute atomic E-state index is 12.0. The zero-order chi connectivity index (χ0) is 14.4. The van der Waals surface area contributed by atoms with Gasteiger partial charge in [0, 0.05) is 25.5 Å². The van der Waals surface area contributed by atoms with Crippen molar-refractivity contribution in [2.45, 2.75) is 24.3 Å². The van der Waals surface area contributed by atoms with Crippen molar-refractivity contribution in [3.8, 4) is 0 Å². The Kier molecular flexibility index (Phi) is 4.75. The van der Waals surface area contributed by atoms with Gasteiger partial charge in [-0.1, -0.05) is 12.1 Å². The van der Waals surface area contributed by atoms with Gasteiger partial charge in [0.1, 0.15) is 4.90 Å². The first kappa shape index (κ1) is 14.5. The predicted octanol–water partition coefficient (Wildman–Crippen LogP) is 1.22. The molecule has 1 heterocycles. The van der Waals surface area contributed by atoms with Crippen molar-refractivity contribution in [1.29, 1.82) is 0 Å². The Balaban J connectivity index is 1.80. The van der Waals surface area contributed by atoms with E-state index in [-0.39, 0.29) is 10.6 Å². The van der Waals surface area contributed by atoms with Crippen LogP contribution < -0.4 is 10.5 Å². The Morgan fingerprint density at radius 1 is 1.25 bits per heavy atom. The highest BCUT2D eigenvalue weighted by molar-refractivity contribution is 7.89. The van der Waals surface area contributed by atoms with Crippen LogP contribution in [0.4, 0.5) is 5.69 Å². The van der Waals surface area contributed by atoms with Crippen LogP contribution in [0, 0.1) is 0 Å². The van der Waals surface area contributed by atoms with Crippen molar-refractivity contribution in [1.82, 2.24) is 14.3 Å². The average Bonchev–Trinajstić information content (AvgIpc) is 2.91. The van der Waals surface area contributed by atoms with E-state index in [4.69, 9.17) is 5.73 Å². The number of unbranched alkanes of at least 4 members (excludes halogenated alkanes) is 1. The van der Waals surface area contributed by atoms with E-state index in [1.54, 1.807) is 30.7 Å². The van der Waals surface area contributed by atoms with Crippen LogP contribution in [0.3, 0.4) is 0 Å². The van der Waals surface area contributed by atoms with Gasteiger partial charge in [0.05, 0.1) is 12.0 Å². The average molecular weight is 294 g/mol. The van der Waals surface area contributed by atoms with Crippen molar-refractivity contribution in [2.75, 3.05) is 12.3 Å². The largest absolute Gasteiger partial charge is 0.398 e. The van der Waals surface area contributed by atoms with Crippen LogP contribution in [0.15, 0.2) is 47.9 Å². The minimum absolute atomic E-state index is 0.134. The van der Waals surface area contributed by atoms with Crippen molar-refractivity contribution in [2.24, 2.45) is 0 Å². The third-order valence-electron chi connectivity index (χ3n) is 2.90. The van der Waals surface area contributed by atoms with Gasteiger partial charge in [0.2, 0.25) is 10.0 Å². The summed E-state index contributed by atoms with van der Waals surface area (Å²) in [6, 6.07) is 6.44. The van der Waals surface area contributed by atoms with Gasteiger partial charge in [0.15, 0.2) is 0 Å². The lowest BCUT2D eigenvalue weighted by molar-refractivity contribution is 0.566. The second kappa shape index (κ2) is 6.53. The molecule has 20 heavy (non-hydrogen) atoms. The van der Waals surface area contributed by atoms with E-state index < -0.39 is 10.0 Å². The van der Waals surface area contributed by atoms with Crippen LogP contribution in [0.2, 0.25) is 0 Å². The molecule has 0 saturated heterocycles. The molecule has 0 amide bonds. The molecule has 0 bridgehead atoms. The molecule has 0 unspecified atom stereocenters. The number of imidazole rings is 1. The van der Waals surface area contributed by atoms with Crippen LogP contribution in [0.25, 0.3) is 0 Å². The van der Waals surface area contributed by atoms with Crippen LogP contribution >= 0.6 is 0 Å². The Hall–Kier alpha value is -1.86. The van der Waals surface area contributed by atoms with Gasteiger partial charge in [0.25, 0.3) is 0 Å². The summed E-state index contributed by atoms with van der Waals surface area (Å²) >= 11 is 0. The lowest BCUT2D eigenvalue weighted by Crippen LogP contribution is -2.25. The third-order valence-corrected chi connectivity index (χ3v) is 4.44. The van der Waals surface area contributed by atoms with Crippen molar-refractivity contribution in [3.63, 3.8) is 0 Å². The maximum Gasteiger partial charge on any atom is 0.242 e. The van der Waals surface area contributed by atoms with Crippen LogP contribution in [0.1, 0.15) is 12.8 Å². The number of hydrogen-bond acceptors (Lipinski definition) is 4. The monoisotopic (exact) mass is 294 g/mol. The Labute approximate surface area is 118 Å². The van der Waals surface area contributed by atoms with Crippen LogP contribution in [0.5, 0.6) is 0 Å². The summed E-state index contributed by atoms with van der Waals surface area (Å²) in [5, 5.41) is 0. The normalized spacial score (nSPS) is 11.6. The van der Waals surface area contributed by atoms with Gasteiger partial charge in [-0.3, -0.25) is 0 Å². The minimum Gasteiger partial charge on any atom is -0.398 e. The van der Waals surface area contributed by atoms with Crippen molar-refractivity contribution in [3.05, 3.63) is 43.0 Å². The molecule has 6 nitrogen and oxygen atoms in total. The minimum atomic E-state index is -3.52. The van der Waals surface area contributed by atoms with Gasteiger partial charge in [-0.25, -0.2) is 18.1 Å². The number of hydrogen-bond donors (Lipinski definition) is 2. The van der Waals surface area contributed by atoms with E-state index >= 15 is 0 Å². The summed E-state index contributed by atoms with van der Waals surface area (Å²) in [7, 11) is -3.52. The van der Waals surface area contributed by atoms with Gasteiger partial charge in [-0.15, -0.1) is 0 Å². The summed E-state index contributed by atoms with van der Waals surface area (Å²) in [6.45, 7) is 1.22. The standard InChI is InChI=1S/C13H18N4O2S/c14-12-5-1-2-6-13(12)20(18,19)16-7-3-4-9-17-10-8-15-11-17/h1-2,5-6,8,10-11,16H,3-4,7,9,14H2. The molecule has 0 aliphatic carbocycles. The van der Waals surface area contributed by atoms with E-state index in [1.165, 1.54) is 6.07 Å². The fraction of sp³-hybridized carbons (Fsp3) is 0.308. The molecular formula is C13H18N4O2S. The van der Waals surface area contributed by atoms with Gasteiger partial charge in [-0.2, -0.15) is 0 Å². The zero-order valence-electron chi connectivity index (χ0n) is 11.1. The first-order chi connectivity index (χ1) is 9.59. The highest BCUT2D eigenvalue weighted by Gasteiger charge is 2.15. The van der Waals surface area contributed by atoms with Crippen molar-refractivity contribution >= 4 is 15.7 Å².